The lowest BCUT2D eigenvalue weighted by atomic mass is 10.1. The van der Waals surface area contributed by atoms with Crippen molar-refractivity contribution < 1.29 is 14.0 Å². The predicted octanol–water partition coefficient (Wildman–Crippen LogP) is 5.62. The maximum atomic E-state index is 14.1. The third-order valence-electron chi connectivity index (χ3n) is 5.26. The van der Waals surface area contributed by atoms with Gasteiger partial charge < -0.3 is 4.90 Å². The summed E-state index contributed by atoms with van der Waals surface area (Å²) in [6.45, 7) is 3.95. The summed E-state index contributed by atoms with van der Waals surface area (Å²) in [4.78, 5) is 28.9. The summed E-state index contributed by atoms with van der Waals surface area (Å²) >= 11 is 6.91. The van der Waals surface area contributed by atoms with E-state index < -0.39 is 17.0 Å². The number of benzene rings is 2. The molecule has 2 aromatic carbocycles. The fourth-order valence-electron chi connectivity index (χ4n) is 3.61. The number of anilines is 1. The minimum atomic E-state index is -0.533. The van der Waals surface area contributed by atoms with Gasteiger partial charge in [0.05, 0.1) is 11.4 Å². The first-order chi connectivity index (χ1) is 13.9. The van der Waals surface area contributed by atoms with E-state index in [9.17, 15) is 14.0 Å². The summed E-state index contributed by atoms with van der Waals surface area (Å²) in [5, 5.41) is -0.228. The van der Waals surface area contributed by atoms with Gasteiger partial charge in [0.1, 0.15) is 5.82 Å². The van der Waals surface area contributed by atoms with E-state index in [1.807, 2.05) is 19.1 Å². The third kappa shape index (κ3) is 4.05. The van der Waals surface area contributed by atoms with Crippen molar-refractivity contribution in [1.29, 1.82) is 0 Å². The normalized spacial score (nSPS) is 18.4. The van der Waals surface area contributed by atoms with Crippen LogP contribution in [0.1, 0.15) is 29.5 Å². The molecule has 4 rings (SSSR count). The van der Waals surface area contributed by atoms with Gasteiger partial charge in [0, 0.05) is 29.4 Å². The first kappa shape index (κ1) is 20.0. The van der Waals surface area contributed by atoms with Gasteiger partial charge >= 0.3 is 0 Å². The van der Waals surface area contributed by atoms with Crippen molar-refractivity contribution in [2.24, 2.45) is 0 Å². The average molecular weight is 431 g/mol. The minimum absolute atomic E-state index is 0.142. The molecule has 2 aliphatic rings. The monoisotopic (exact) mass is 430 g/mol. The van der Waals surface area contributed by atoms with E-state index in [0.717, 1.165) is 40.9 Å². The van der Waals surface area contributed by atoms with Crippen LogP contribution in [0.15, 0.2) is 41.3 Å². The molecule has 7 heteroatoms. The Labute approximate surface area is 178 Å². The van der Waals surface area contributed by atoms with Crippen molar-refractivity contribution >= 4 is 46.3 Å². The van der Waals surface area contributed by atoms with E-state index in [1.165, 1.54) is 30.7 Å². The van der Waals surface area contributed by atoms with Crippen LogP contribution in [0.5, 0.6) is 0 Å². The number of carbonyl (C=O) groups is 2. The molecule has 0 unspecified atom stereocenters. The number of thioether (sulfide) groups is 1. The van der Waals surface area contributed by atoms with E-state index in [0.29, 0.717) is 4.91 Å². The molecule has 0 spiro atoms. The lowest BCUT2D eigenvalue weighted by molar-refractivity contribution is -0.123. The summed E-state index contributed by atoms with van der Waals surface area (Å²) in [5.41, 5.74) is 3.25. The van der Waals surface area contributed by atoms with Crippen LogP contribution >= 0.6 is 23.4 Å². The van der Waals surface area contributed by atoms with Crippen molar-refractivity contribution in [2.75, 3.05) is 18.0 Å². The summed E-state index contributed by atoms with van der Waals surface area (Å²) in [6, 6.07) is 10.4. The molecule has 0 aliphatic carbocycles. The topological polar surface area (TPSA) is 40.6 Å². The Morgan fingerprint density at radius 1 is 1.17 bits per heavy atom. The summed E-state index contributed by atoms with van der Waals surface area (Å²) in [5.74, 6) is -0.962. The Hall–Kier alpha value is -2.31. The number of carbonyl (C=O) groups excluding carboxylic acids is 2. The van der Waals surface area contributed by atoms with Gasteiger partial charge in [0.15, 0.2) is 0 Å². The van der Waals surface area contributed by atoms with E-state index in [-0.39, 0.29) is 17.1 Å². The fourth-order valence-corrected chi connectivity index (χ4v) is 4.66. The Bertz CT molecular complexity index is 998. The highest BCUT2D eigenvalue weighted by molar-refractivity contribution is 8.18. The second-order valence-corrected chi connectivity index (χ2v) is 8.60. The second-order valence-electron chi connectivity index (χ2n) is 7.20. The van der Waals surface area contributed by atoms with Crippen molar-refractivity contribution in [1.82, 2.24) is 4.90 Å². The number of rotatable bonds is 4. The highest BCUT2D eigenvalue weighted by Gasteiger charge is 2.36. The standard InChI is InChI=1S/C22H20ClFN2O2S/c1-14-11-16(25-9-2-3-10-25)8-7-15(14)12-20-21(27)26(22(28)29-20)13-17-18(23)5-4-6-19(17)24/h4-8,11-12H,2-3,9-10,13H2,1H3/b20-12-. The van der Waals surface area contributed by atoms with Crippen molar-refractivity contribution in [3.05, 3.63) is 68.8 Å². The minimum Gasteiger partial charge on any atom is -0.372 e. The fraction of sp³-hybridized carbons (Fsp3) is 0.273. The quantitative estimate of drug-likeness (QED) is 0.590. The average Bonchev–Trinajstić information content (AvgIpc) is 3.30. The molecule has 0 aromatic heterocycles. The molecule has 0 bridgehead atoms. The number of hydrogen-bond donors (Lipinski definition) is 0. The molecule has 29 heavy (non-hydrogen) atoms. The highest BCUT2D eigenvalue weighted by Crippen LogP contribution is 2.35. The van der Waals surface area contributed by atoms with Crippen molar-refractivity contribution in [3.8, 4) is 0 Å². The van der Waals surface area contributed by atoms with Gasteiger partial charge in [-0.15, -0.1) is 0 Å². The molecule has 0 atom stereocenters. The summed E-state index contributed by atoms with van der Waals surface area (Å²) in [7, 11) is 0. The molecule has 0 N–H and O–H groups in total. The van der Waals surface area contributed by atoms with Gasteiger partial charge in [-0.05, 0) is 73.0 Å². The number of halogens is 2. The van der Waals surface area contributed by atoms with Gasteiger partial charge in [-0.2, -0.15) is 0 Å². The van der Waals surface area contributed by atoms with Crippen LogP contribution < -0.4 is 4.90 Å². The molecule has 2 aromatic rings. The molecule has 150 valence electrons. The molecule has 2 saturated heterocycles. The molecule has 0 saturated carbocycles. The molecule has 0 radical (unpaired) electrons. The maximum absolute atomic E-state index is 14.1. The molecule has 2 fully saturated rings. The van der Waals surface area contributed by atoms with Crippen LogP contribution in [0.2, 0.25) is 5.02 Å². The number of hydrogen-bond acceptors (Lipinski definition) is 4. The van der Waals surface area contributed by atoms with Crippen LogP contribution in [0, 0.1) is 12.7 Å². The lowest BCUT2D eigenvalue weighted by Gasteiger charge is -2.18. The maximum Gasteiger partial charge on any atom is 0.293 e. The molecular formula is C22H20ClFN2O2S. The Morgan fingerprint density at radius 2 is 1.93 bits per heavy atom. The number of nitrogens with zero attached hydrogens (tertiary/aromatic N) is 2. The number of imide groups is 1. The van der Waals surface area contributed by atoms with Crippen LogP contribution in [-0.2, 0) is 11.3 Å². The Balaban J connectivity index is 1.56. The van der Waals surface area contributed by atoms with E-state index in [1.54, 1.807) is 12.1 Å². The van der Waals surface area contributed by atoms with Crippen LogP contribution in [0.25, 0.3) is 6.08 Å². The van der Waals surface area contributed by atoms with Gasteiger partial charge in [-0.25, -0.2) is 4.39 Å². The van der Waals surface area contributed by atoms with Crippen molar-refractivity contribution in [3.63, 3.8) is 0 Å². The first-order valence-electron chi connectivity index (χ1n) is 9.48. The zero-order valence-electron chi connectivity index (χ0n) is 16.0. The molecule has 2 aliphatic heterocycles. The Kier molecular flexibility index (Phi) is 5.65. The first-order valence-corrected chi connectivity index (χ1v) is 10.7. The zero-order chi connectivity index (χ0) is 20.5. The van der Waals surface area contributed by atoms with Gasteiger partial charge in [0.2, 0.25) is 0 Å². The number of aryl methyl sites for hydroxylation is 1. The second kappa shape index (κ2) is 8.20. The molecule has 2 heterocycles. The van der Waals surface area contributed by atoms with E-state index in [4.69, 9.17) is 11.6 Å². The predicted molar refractivity (Wildman–Crippen MR) is 116 cm³/mol. The summed E-state index contributed by atoms with van der Waals surface area (Å²) < 4.78 is 14.1. The van der Waals surface area contributed by atoms with Gasteiger partial charge in [-0.1, -0.05) is 23.7 Å². The zero-order valence-corrected chi connectivity index (χ0v) is 17.5. The molecular weight excluding hydrogens is 411 g/mol. The third-order valence-corrected chi connectivity index (χ3v) is 6.52. The van der Waals surface area contributed by atoms with E-state index >= 15 is 0 Å². The SMILES string of the molecule is Cc1cc(N2CCCC2)ccc1/C=C1\SC(=O)N(Cc2c(F)cccc2Cl)C1=O. The summed E-state index contributed by atoms with van der Waals surface area (Å²) in [6.07, 6.45) is 4.15. The van der Waals surface area contributed by atoms with Crippen LogP contribution in [0.4, 0.5) is 14.9 Å². The smallest absolute Gasteiger partial charge is 0.293 e. The largest absolute Gasteiger partial charge is 0.372 e. The van der Waals surface area contributed by atoms with E-state index in [2.05, 4.69) is 11.0 Å². The van der Waals surface area contributed by atoms with Crippen LogP contribution in [-0.4, -0.2) is 29.1 Å². The number of amides is 2. The highest BCUT2D eigenvalue weighted by atomic mass is 35.5. The van der Waals surface area contributed by atoms with Crippen molar-refractivity contribution in [2.45, 2.75) is 26.3 Å². The molecule has 4 nitrogen and oxygen atoms in total. The van der Waals surface area contributed by atoms with Crippen LogP contribution in [0.3, 0.4) is 0 Å². The van der Waals surface area contributed by atoms with Gasteiger partial charge in [-0.3, -0.25) is 14.5 Å². The van der Waals surface area contributed by atoms with Gasteiger partial charge in [0.25, 0.3) is 11.1 Å². The Morgan fingerprint density at radius 3 is 2.62 bits per heavy atom. The lowest BCUT2D eigenvalue weighted by Crippen LogP contribution is -2.28. The molecule has 2 amide bonds.